The highest BCUT2D eigenvalue weighted by Crippen LogP contribution is 2.23. The van der Waals surface area contributed by atoms with E-state index in [1.165, 1.54) is 0 Å². The Hall–Kier alpha value is -2.43. The molecule has 3 heterocycles. The number of fused-ring (bicyclic) bond motifs is 1. The smallest absolute Gasteiger partial charge is 0.258 e. The van der Waals surface area contributed by atoms with E-state index in [2.05, 4.69) is 15.0 Å². The molecule has 0 aliphatic heterocycles. The maximum absolute atomic E-state index is 5.67. The van der Waals surface area contributed by atoms with E-state index in [9.17, 15) is 0 Å². The maximum atomic E-state index is 5.67. The van der Waals surface area contributed by atoms with Crippen LogP contribution in [0.3, 0.4) is 0 Å². The van der Waals surface area contributed by atoms with E-state index < -0.39 is 0 Å². The minimum absolute atomic E-state index is 0.0669. The van der Waals surface area contributed by atoms with Crippen LogP contribution in [-0.2, 0) is 0 Å². The Kier molecular flexibility index (Phi) is 2.87. The van der Waals surface area contributed by atoms with Crippen LogP contribution in [0, 0.1) is 0 Å². The summed E-state index contributed by atoms with van der Waals surface area (Å²) in [4.78, 5) is 12.8. The topological polar surface area (TPSA) is 52.3 Å². The summed E-state index contributed by atoms with van der Waals surface area (Å²) in [5.74, 6) is 0.549. The van der Waals surface area contributed by atoms with Crippen molar-refractivity contribution >= 4 is 5.65 Å². The Balaban J connectivity index is 2.14. The molecule has 3 aromatic rings. The molecule has 0 amide bonds. The van der Waals surface area contributed by atoms with Crippen LogP contribution in [0.25, 0.3) is 16.9 Å². The number of hydrogen-bond donors (Lipinski definition) is 0. The molecule has 0 fully saturated rings. The Bertz CT molecular complexity index is 691. The molecule has 0 N–H and O–H groups in total. The molecule has 0 unspecified atom stereocenters. The molecule has 0 aliphatic rings. The van der Waals surface area contributed by atoms with Crippen LogP contribution in [0.2, 0.25) is 0 Å². The first kappa shape index (κ1) is 11.6. The van der Waals surface area contributed by atoms with E-state index in [1.807, 2.05) is 42.8 Å². The van der Waals surface area contributed by atoms with Gasteiger partial charge < -0.3 is 4.74 Å². The van der Waals surface area contributed by atoms with Crippen molar-refractivity contribution in [3.8, 4) is 17.1 Å². The van der Waals surface area contributed by atoms with Gasteiger partial charge in [0.05, 0.1) is 18.0 Å². The van der Waals surface area contributed by atoms with E-state index in [0.717, 1.165) is 16.9 Å². The molecule has 96 valence electrons. The molecule has 0 saturated carbocycles. The molecule has 19 heavy (non-hydrogen) atoms. The van der Waals surface area contributed by atoms with Gasteiger partial charge in [0, 0.05) is 30.4 Å². The SMILES string of the molecule is CC(C)Oc1nccn2c(-c3cccnc3)cnc12. The van der Waals surface area contributed by atoms with Crippen molar-refractivity contribution in [2.45, 2.75) is 20.0 Å². The number of nitrogens with zero attached hydrogens (tertiary/aromatic N) is 4. The quantitative estimate of drug-likeness (QED) is 0.721. The highest BCUT2D eigenvalue weighted by atomic mass is 16.5. The van der Waals surface area contributed by atoms with Crippen LogP contribution in [0.4, 0.5) is 0 Å². The zero-order chi connectivity index (χ0) is 13.2. The summed E-state index contributed by atoms with van der Waals surface area (Å²) in [5.41, 5.74) is 2.70. The number of ether oxygens (including phenoxy) is 1. The number of hydrogen-bond acceptors (Lipinski definition) is 4. The van der Waals surface area contributed by atoms with Crippen LogP contribution in [-0.4, -0.2) is 25.5 Å². The molecular weight excluding hydrogens is 240 g/mol. The van der Waals surface area contributed by atoms with E-state index in [-0.39, 0.29) is 6.10 Å². The molecule has 0 atom stereocenters. The zero-order valence-corrected chi connectivity index (χ0v) is 10.8. The largest absolute Gasteiger partial charge is 0.472 e. The van der Waals surface area contributed by atoms with Gasteiger partial charge in [-0.05, 0) is 26.0 Å². The Labute approximate surface area is 110 Å². The lowest BCUT2D eigenvalue weighted by Crippen LogP contribution is -2.08. The van der Waals surface area contributed by atoms with Gasteiger partial charge in [0.2, 0.25) is 5.65 Å². The molecule has 0 aromatic carbocycles. The number of rotatable bonds is 3. The van der Waals surface area contributed by atoms with Crippen molar-refractivity contribution in [2.24, 2.45) is 0 Å². The summed E-state index contributed by atoms with van der Waals surface area (Å²) in [6.07, 6.45) is 9.02. The fraction of sp³-hybridized carbons (Fsp3) is 0.214. The second kappa shape index (κ2) is 4.68. The summed E-state index contributed by atoms with van der Waals surface area (Å²) in [6.45, 7) is 3.94. The number of imidazole rings is 1. The summed E-state index contributed by atoms with van der Waals surface area (Å²) < 4.78 is 7.63. The highest BCUT2D eigenvalue weighted by Gasteiger charge is 2.11. The van der Waals surface area contributed by atoms with Gasteiger partial charge in [-0.2, -0.15) is 0 Å². The van der Waals surface area contributed by atoms with Crippen LogP contribution >= 0.6 is 0 Å². The van der Waals surface area contributed by atoms with Crippen molar-refractivity contribution in [2.75, 3.05) is 0 Å². The lowest BCUT2D eigenvalue weighted by molar-refractivity contribution is 0.234. The fourth-order valence-electron chi connectivity index (χ4n) is 1.93. The minimum Gasteiger partial charge on any atom is -0.472 e. The van der Waals surface area contributed by atoms with Gasteiger partial charge in [-0.25, -0.2) is 9.97 Å². The second-order valence-electron chi connectivity index (χ2n) is 4.48. The first-order valence-electron chi connectivity index (χ1n) is 6.15. The molecule has 3 rings (SSSR count). The van der Waals surface area contributed by atoms with E-state index >= 15 is 0 Å². The van der Waals surface area contributed by atoms with Crippen LogP contribution in [0.15, 0.2) is 43.1 Å². The van der Waals surface area contributed by atoms with E-state index in [1.54, 1.807) is 18.6 Å². The lowest BCUT2D eigenvalue weighted by Gasteiger charge is -2.09. The molecule has 5 nitrogen and oxygen atoms in total. The third-order valence-corrected chi connectivity index (χ3v) is 2.70. The molecule has 0 aliphatic carbocycles. The van der Waals surface area contributed by atoms with Crippen LogP contribution in [0.5, 0.6) is 5.88 Å². The lowest BCUT2D eigenvalue weighted by atomic mass is 10.2. The van der Waals surface area contributed by atoms with Gasteiger partial charge in [0.1, 0.15) is 0 Å². The predicted molar refractivity (Wildman–Crippen MR) is 72.0 cm³/mol. The molecular formula is C14H14N4O. The number of pyridine rings is 1. The van der Waals surface area contributed by atoms with Crippen molar-refractivity contribution in [1.29, 1.82) is 0 Å². The first-order chi connectivity index (χ1) is 9.25. The van der Waals surface area contributed by atoms with Crippen LogP contribution < -0.4 is 4.74 Å². The predicted octanol–water partition coefficient (Wildman–Crippen LogP) is 2.58. The number of aromatic nitrogens is 4. The van der Waals surface area contributed by atoms with E-state index in [0.29, 0.717) is 5.88 Å². The van der Waals surface area contributed by atoms with Gasteiger partial charge in [-0.15, -0.1) is 0 Å². The third-order valence-electron chi connectivity index (χ3n) is 2.70. The molecule has 0 spiro atoms. The molecule has 5 heteroatoms. The van der Waals surface area contributed by atoms with Gasteiger partial charge in [-0.3, -0.25) is 9.38 Å². The van der Waals surface area contributed by atoms with Crippen molar-refractivity contribution in [3.63, 3.8) is 0 Å². The Morgan fingerprint density at radius 1 is 1.16 bits per heavy atom. The normalized spacial score (nSPS) is 11.1. The summed E-state index contributed by atoms with van der Waals surface area (Å²) in [6, 6.07) is 3.90. The molecule has 0 radical (unpaired) electrons. The van der Waals surface area contributed by atoms with Crippen molar-refractivity contribution in [1.82, 2.24) is 19.4 Å². The monoisotopic (exact) mass is 254 g/mol. The molecule has 0 bridgehead atoms. The maximum Gasteiger partial charge on any atom is 0.258 e. The van der Waals surface area contributed by atoms with Crippen LogP contribution in [0.1, 0.15) is 13.8 Å². The molecule has 0 saturated heterocycles. The highest BCUT2D eigenvalue weighted by molar-refractivity contribution is 5.64. The minimum atomic E-state index is 0.0669. The fourth-order valence-corrected chi connectivity index (χ4v) is 1.93. The third kappa shape index (κ3) is 2.14. The average molecular weight is 254 g/mol. The zero-order valence-electron chi connectivity index (χ0n) is 10.8. The summed E-state index contributed by atoms with van der Waals surface area (Å²) in [7, 11) is 0. The first-order valence-corrected chi connectivity index (χ1v) is 6.15. The standard InChI is InChI=1S/C14H14N4O/c1-10(2)19-14-13-17-9-12(18(13)7-6-16-14)11-4-3-5-15-8-11/h3-10H,1-2H3. The van der Waals surface area contributed by atoms with Gasteiger partial charge >= 0.3 is 0 Å². The van der Waals surface area contributed by atoms with Gasteiger partial charge in [0.25, 0.3) is 5.88 Å². The van der Waals surface area contributed by atoms with Crippen molar-refractivity contribution in [3.05, 3.63) is 43.1 Å². The Morgan fingerprint density at radius 2 is 2.05 bits per heavy atom. The van der Waals surface area contributed by atoms with Gasteiger partial charge in [-0.1, -0.05) is 0 Å². The second-order valence-corrected chi connectivity index (χ2v) is 4.48. The average Bonchev–Trinajstić information content (AvgIpc) is 2.84. The summed E-state index contributed by atoms with van der Waals surface area (Å²) in [5, 5.41) is 0. The van der Waals surface area contributed by atoms with E-state index in [4.69, 9.17) is 4.74 Å². The van der Waals surface area contributed by atoms with Crippen molar-refractivity contribution < 1.29 is 4.74 Å². The summed E-state index contributed by atoms with van der Waals surface area (Å²) >= 11 is 0. The Morgan fingerprint density at radius 3 is 2.79 bits per heavy atom. The van der Waals surface area contributed by atoms with Gasteiger partial charge in [0.15, 0.2) is 0 Å². The molecule has 3 aromatic heterocycles.